The summed E-state index contributed by atoms with van der Waals surface area (Å²) in [7, 11) is 6.00. The molecule has 5 N–H and O–H groups in total. The number of benzene rings is 2. The van der Waals surface area contributed by atoms with E-state index in [2.05, 4.69) is 20.9 Å². The number of aliphatic carboxylic acids is 2. The summed E-state index contributed by atoms with van der Waals surface area (Å²) in [6.45, 7) is 15.4. The number of nitrogens with zero attached hydrogens (tertiary/aromatic N) is 7. The molecule has 31 heteroatoms. The number of nitrogens with one attached hydrogen (secondary N) is 2. The van der Waals surface area contributed by atoms with Gasteiger partial charge in [0.05, 0.1) is 115 Å². The van der Waals surface area contributed by atoms with Gasteiger partial charge in [0.2, 0.25) is 29.9 Å². The van der Waals surface area contributed by atoms with E-state index < -0.39 is 114 Å². The van der Waals surface area contributed by atoms with Crippen LogP contribution in [0, 0.1) is 23.7 Å². The van der Waals surface area contributed by atoms with Gasteiger partial charge in [-0.25, -0.2) is 19.1 Å². The van der Waals surface area contributed by atoms with Gasteiger partial charge < -0.3 is 78.4 Å². The number of hydrogen-bond acceptors (Lipinski definition) is 22. The molecule has 2 aromatic carbocycles. The quantitative estimate of drug-likeness (QED) is 0.0293. The molecule has 2 saturated heterocycles. The minimum absolute atomic E-state index is 0.00661. The molecule has 12 atom stereocenters. The van der Waals surface area contributed by atoms with Gasteiger partial charge in [0.15, 0.2) is 6.10 Å². The van der Waals surface area contributed by atoms with Gasteiger partial charge in [-0.1, -0.05) is 96.5 Å². The number of ether oxygens (including phenoxy) is 9. The molecule has 2 aromatic heterocycles. The number of aromatic nitrogens is 3. The van der Waals surface area contributed by atoms with Crippen molar-refractivity contribution in [3.05, 3.63) is 88.6 Å². The van der Waals surface area contributed by atoms with Crippen molar-refractivity contribution in [2.45, 2.75) is 174 Å². The van der Waals surface area contributed by atoms with E-state index in [0.717, 1.165) is 15.3 Å². The van der Waals surface area contributed by atoms with E-state index in [1.165, 1.54) is 54.6 Å². The van der Waals surface area contributed by atoms with Gasteiger partial charge in [-0.15, -0.1) is 16.4 Å². The average molecular weight is 1450 g/mol. The third kappa shape index (κ3) is 22.5. The molecule has 0 bridgehead atoms. The summed E-state index contributed by atoms with van der Waals surface area (Å²) in [5.41, 5.74) is 1.86. The second-order valence-electron chi connectivity index (χ2n) is 26.5. The lowest BCUT2D eigenvalue weighted by atomic mass is 9.89. The maximum Gasteiger partial charge on any atom is 0.410 e. The van der Waals surface area contributed by atoms with Crippen LogP contribution in [-0.2, 0) is 102 Å². The zero-order chi connectivity index (χ0) is 74.3. The number of methoxy groups -OCH3 is 2. The fourth-order valence-electron chi connectivity index (χ4n) is 12.9. The molecule has 0 saturated carbocycles. The molecule has 4 aromatic rings. The van der Waals surface area contributed by atoms with Crippen LogP contribution in [0.5, 0.6) is 5.75 Å². The van der Waals surface area contributed by atoms with Crippen molar-refractivity contribution in [3.63, 3.8) is 0 Å². The number of carboxylic acid groups (broad SMARTS) is 2. The predicted octanol–water partition coefficient (Wildman–Crippen LogP) is 4.83. The summed E-state index contributed by atoms with van der Waals surface area (Å²) in [4.78, 5) is 126. The maximum atomic E-state index is 15.0. The molecule has 2 unspecified atom stereocenters. The first-order chi connectivity index (χ1) is 48.7. The van der Waals surface area contributed by atoms with Crippen LogP contribution in [0.4, 0.5) is 4.79 Å². The van der Waals surface area contributed by atoms with Crippen LogP contribution < -0.4 is 15.4 Å². The van der Waals surface area contributed by atoms with Crippen LogP contribution in [0.2, 0.25) is 0 Å². The van der Waals surface area contributed by atoms with Crippen LogP contribution in [0.25, 0.3) is 10.1 Å². The topological polar surface area (TPSA) is 365 Å². The fourth-order valence-corrected chi connectivity index (χ4v) is 14.1. The second kappa shape index (κ2) is 39.6. The number of likely N-dealkylation sites (N-methyl/N-ethyl adjacent to an activating group) is 2. The lowest BCUT2D eigenvalue weighted by Crippen LogP contribution is -2.60. The van der Waals surface area contributed by atoms with E-state index in [9.17, 15) is 58.5 Å². The number of aliphatic hydroxyl groups excluding tert-OH is 1. The minimum Gasteiger partial charge on any atom is -0.480 e. The number of amides is 7. The lowest BCUT2D eigenvalue weighted by molar-refractivity contribution is -0.195. The van der Waals surface area contributed by atoms with Crippen LogP contribution in [0.3, 0.4) is 0 Å². The van der Waals surface area contributed by atoms with Gasteiger partial charge in [0.1, 0.15) is 36.2 Å². The Morgan fingerprint density at radius 1 is 0.794 bits per heavy atom. The molecule has 3 aliphatic heterocycles. The number of hydrogen-bond donors (Lipinski definition) is 5. The molecule has 0 radical (unpaired) electrons. The molecule has 0 aliphatic carbocycles. The van der Waals surface area contributed by atoms with Crippen LogP contribution in [-0.4, -0.2) is 252 Å². The first kappa shape index (κ1) is 81.3. The monoisotopic (exact) mass is 1450 g/mol. The zero-order valence-electron chi connectivity index (χ0n) is 60.1. The van der Waals surface area contributed by atoms with E-state index in [0.29, 0.717) is 79.3 Å². The first-order valence-corrected chi connectivity index (χ1v) is 35.5. The van der Waals surface area contributed by atoms with Gasteiger partial charge in [0.25, 0.3) is 11.8 Å². The molecule has 0 spiro atoms. The Hall–Kier alpha value is -8.01. The van der Waals surface area contributed by atoms with Crippen molar-refractivity contribution in [3.8, 4) is 5.75 Å². The minimum atomic E-state index is -1.30. The highest BCUT2D eigenvalue weighted by molar-refractivity contribution is 7.19. The lowest BCUT2D eigenvalue weighted by Gasteiger charge is -2.41. The number of imide groups is 1. The Labute approximate surface area is 598 Å². The third-order valence-electron chi connectivity index (χ3n) is 18.5. The molecule has 30 nitrogen and oxygen atoms in total. The smallest absolute Gasteiger partial charge is 0.410 e. The molecule has 2 fully saturated rings. The Morgan fingerprint density at radius 2 is 1.46 bits per heavy atom. The highest BCUT2D eigenvalue weighted by atomic mass is 32.1. The van der Waals surface area contributed by atoms with Crippen LogP contribution in [0.15, 0.2) is 66.9 Å². The Bertz CT molecular complexity index is 3460. The average Bonchev–Trinajstić information content (AvgIpc) is 1.59. The molecule has 102 heavy (non-hydrogen) atoms. The van der Waals surface area contributed by atoms with E-state index in [-0.39, 0.29) is 95.4 Å². The fraction of sp³-hybridized carbons (Fsp3) is 0.620. The van der Waals surface area contributed by atoms with Crippen molar-refractivity contribution in [1.29, 1.82) is 0 Å². The standard InChI is InChI=1S/C71H101N9O21S/c1-12-44(6)63(55(93-10)37-59(84)79-24-16-19-53(79)64(94-11)45(7)66(85)72-52(69(88)89)33-46-17-14-13-15-18-46)76(8)68(87)61(42(2)3)73-67(86)62(43(4)5)77(9)71(92)99-40-47-20-21-54(100-60-35-49(81)34-56(101-60)70(90)91)51-36-50(102-65(47)51)39-78-38-48(74-75-78)41-98-32-31-97-30-29-96-28-27-95-26-25-80-57(82)22-23-58(80)83/h13-15,17-18,20-23,36,38,42-45,49,52-53,55-56,60-64,81H,12,16,19,24-35,37,39-41H2,1-11H3,(H,72,85)(H,73,86)(H,88,89)(H,90,91)/t44?,45-,49+,52?,53+,55-,56+,60-,61+,62+,63+,64-/m1/s1. The highest BCUT2D eigenvalue weighted by Crippen LogP contribution is 2.39. The normalized spacial score (nSPS) is 19.3. The van der Waals surface area contributed by atoms with Crippen molar-refractivity contribution >= 4 is 74.9 Å². The number of carbonyl (C=O) groups is 9. The Morgan fingerprint density at radius 3 is 2.08 bits per heavy atom. The molecule has 7 amide bonds. The van der Waals surface area contributed by atoms with Gasteiger partial charge >= 0.3 is 18.0 Å². The zero-order valence-corrected chi connectivity index (χ0v) is 60.9. The second-order valence-corrected chi connectivity index (χ2v) is 27.7. The summed E-state index contributed by atoms with van der Waals surface area (Å²) in [6, 6.07) is 9.55. The summed E-state index contributed by atoms with van der Waals surface area (Å²) in [6.07, 6.45) is -0.0924. The predicted molar refractivity (Wildman–Crippen MR) is 370 cm³/mol. The van der Waals surface area contributed by atoms with E-state index in [4.69, 9.17) is 42.6 Å². The van der Waals surface area contributed by atoms with E-state index >= 15 is 0 Å². The number of likely N-dealkylation sites (tertiary alicyclic amines) is 1. The number of fused-ring (bicyclic) bond motifs is 1. The number of aliphatic hydroxyl groups is 1. The molecule has 3 aliphatic rings. The maximum absolute atomic E-state index is 15.0. The highest BCUT2D eigenvalue weighted by Gasteiger charge is 2.44. The number of carbonyl (C=O) groups excluding carboxylic acids is 7. The van der Waals surface area contributed by atoms with Crippen LogP contribution in [0.1, 0.15) is 109 Å². The SMILES string of the molecule is CCC(C)[C@@H]([C@@H](CC(=O)N1CCC[C@H]1[C@H](OC)[C@@H](C)C(=O)NC(Cc1ccccc1)C(=O)O)OC)N(C)C(=O)[C@@H](NC(=O)[C@H](C(C)C)N(C)C(=O)OCc1ccc(O[C@H]2C[C@@H](O)C[C@@H](C(=O)O)O2)c2cc(Cn3cc(COCCOCCOCCOCCN4C(=O)C=CC4=O)nn3)sc12)C(C)C. The van der Waals surface area contributed by atoms with Gasteiger partial charge in [-0.3, -0.25) is 38.6 Å². The number of carboxylic acids is 2. The van der Waals surface area contributed by atoms with E-state index in [1.807, 2.05) is 26.0 Å². The van der Waals surface area contributed by atoms with Gasteiger partial charge in [-0.2, -0.15) is 0 Å². The van der Waals surface area contributed by atoms with Crippen molar-refractivity contribution in [2.24, 2.45) is 23.7 Å². The largest absolute Gasteiger partial charge is 0.480 e. The summed E-state index contributed by atoms with van der Waals surface area (Å²) >= 11 is 1.36. The Balaban J connectivity index is 0.958. The van der Waals surface area contributed by atoms with Crippen molar-refractivity contribution < 1.29 is 101 Å². The van der Waals surface area contributed by atoms with E-state index in [1.54, 1.807) is 93.8 Å². The summed E-state index contributed by atoms with van der Waals surface area (Å²) in [5.74, 6) is -6.69. The molecule has 5 heterocycles. The molecule has 562 valence electrons. The first-order valence-electron chi connectivity index (χ1n) is 34.6. The van der Waals surface area contributed by atoms with Gasteiger partial charge in [0, 0.05) is 86.8 Å². The third-order valence-corrected chi connectivity index (χ3v) is 19.7. The van der Waals surface area contributed by atoms with Crippen molar-refractivity contribution in [2.75, 3.05) is 87.7 Å². The molecule has 7 rings (SSSR count). The number of thiophene rings is 1. The van der Waals surface area contributed by atoms with Crippen molar-refractivity contribution in [1.82, 2.24) is 45.2 Å². The molecular formula is C71H101N9O21S. The summed E-state index contributed by atoms with van der Waals surface area (Å²) in [5, 5.41) is 45.2. The van der Waals surface area contributed by atoms with Crippen LogP contribution >= 0.6 is 11.3 Å². The number of rotatable bonds is 42. The molecular weight excluding hydrogens is 1350 g/mol. The summed E-state index contributed by atoms with van der Waals surface area (Å²) < 4.78 is 54.6. The van der Waals surface area contributed by atoms with Gasteiger partial charge in [-0.05, 0) is 48.3 Å². The Kier molecular flexibility index (Phi) is 31.5.